The first-order valence-corrected chi connectivity index (χ1v) is 6.69. The first kappa shape index (κ1) is 10.4. The van der Waals surface area contributed by atoms with Crippen LogP contribution in [-0.2, 0) is 15.6 Å². The van der Waals surface area contributed by atoms with Gasteiger partial charge in [-0.1, -0.05) is 11.6 Å². The van der Waals surface area contributed by atoms with Gasteiger partial charge in [-0.15, -0.1) is 0 Å². The summed E-state index contributed by atoms with van der Waals surface area (Å²) < 4.78 is 24.0. The van der Waals surface area contributed by atoms with E-state index < -0.39 is 9.84 Å². The molecule has 6 heteroatoms. The molecular formula is C9H9ClN2O2S. The highest BCUT2D eigenvalue weighted by Gasteiger charge is 2.09. The van der Waals surface area contributed by atoms with E-state index in [1.807, 2.05) is 0 Å². The van der Waals surface area contributed by atoms with Crippen LogP contribution < -0.4 is 0 Å². The van der Waals surface area contributed by atoms with E-state index in [9.17, 15) is 8.42 Å². The van der Waals surface area contributed by atoms with Gasteiger partial charge in [0.15, 0.2) is 9.84 Å². The van der Waals surface area contributed by atoms with E-state index in [0.717, 1.165) is 0 Å². The summed E-state index contributed by atoms with van der Waals surface area (Å²) in [5.41, 5.74) is 1.31. The fraction of sp³-hybridized carbons (Fsp3) is 0.222. The number of imidazole rings is 1. The second-order valence-corrected chi connectivity index (χ2v) is 5.97. The topological polar surface area (TPSA) is 51.4 Å². The zero-order valence-corrected chi connectivity index (χ0v) is 9.59. The lowest BCUT2D eigenvalue weighted by atomic mass is 10.4. The van der Waals surface area contributed by atoms with Gasteiger partial charge in [-0.05, 0) is 12.1 Å². The van der Waals surface area contributed by atoms with Crippen LogP contribution in [0.2, 0.25) is 5.02 Å². The van der Waals surface area contributed by atoms with Gasteiger partial charge in [0.25, 0.3) is 0 Å². The first-order chi connectivity index (χ1) is 6.96. The second-order valence-electron chi connectivity index (χ2n) is 3.40. The maximum atomic E-state index is 11.2. The molecule has 2 aromatic rings. The Labute approximate surface area is 92.4 Å². The van der Waals surface area contributed by atoms with Gasteiger partial charge < -0.3 is 4.40 Å². The van der Waals surface area contributed by atoms with Crippen LogP contribution in [0.15, 0.2) is 24.5 Å². The average Bonchev–Trinajstić information content (AvgIpc) is 2.46. The van der Waals surface area contributed by atoms with Gasteiger partial charge in [-0.25, -0.2) is 13.4 Å². The lowest BCUT2D eigenvalue weighted by molar-refractivity contribution is 0.600. The molecule has 0 saturated carbocycles. The Hall–Kier alpha value is -1.07. The summed E-state index contributed by atoms with van der Waals surface area (Å²) in [7, 11) is -3.06. The van der Waals surface area contributed by atoms with Gasteiger partial charge in [-0.3, -0.25) is 0 Å². The van der Waals surface area contributed by atoms with Crippen LogP contribution in [0.5, 0.6) is 0 Å². The molecule has 0 aromatic carbocycles. The summed E-state index contributed by atoms with van der Waals surface area (Å²) in [6, 6.07) is 3.46. The highest BCUT2D eigenvalue weighted by atomic mass is 35.5. The van der Waals surface area contributed by atoms with Crippen molar-refractivity contribution in [3.63, 3.8) is 0 Å². The number of fused-ring (bicyclic) bond motifs is 1. The Morgan fingerprint density at radius 2 is 2.20 bits per heavy atom. The van der Waals surface area contributed by atoms with Gasteiger partial charge in [0.05, 0.1) is 22.7 Å². The second kappa shape index (κ2) is 3.50. The lowest BCUT2D eigenvalue weighted by Gasteiger charge is -2.00. The largest absolute Gasteiger partial charge is 0.302 e. The van der Waals surface area contributed by atoms with E-state index in [0.29, 0.717) is 16.4 Å². The van der Waals surface area contributed by atoms with Crippen molar-refractivity contribution in [2.75, 3.05) is 6.26 Å². The number of hydrogen-bond acceptors (Lipinski definition) is 3. The molecule has 15 heavy (non-hydrogen) atoms. The van der Waals surface area contributed by atoms with Crippen molar-refractivity contribution in [3.8, 4) is 0 Å². The SMILES string of the molecule is CS(=O)(=O)Cc1cnc2ccc(Cl)cn12. The predicted molar refractivity (Wildman–Crippen MR) is 58.7 cm³/mol. The number of aromatic nitrogens is 2. The molecule has 0 atom stereocenters. The summed E-state index contributed by atoms with van der Waals surface area (Å²) in [5.74, 6) is -0.0332. The lowest BCUT2D eigenvalue weighted by Crippen LogP contribution is -2.03. The monoisotopic (exact) mass is 244 g/mol. The Balaban J connectivity index is 2.57. The molecule has 80 valence electrons. The molecule has 0 aliphatic carbocycles. The molecule has 0 bridgehead atoms. The minimum atomic E-state index is -3.06. The molecule has 2 rings (SSSR count). The minimum Gasteiger partial charge on any atom is -0.302 e. The molecular weight excluding hydrogens is 236 g/mol. The van der Waals surface area contributed by atoms with Gasteiger partial charge in [-0.2, -0.15) is 0 Å². The third-order valence-corrected chi connectivity index (χ3v) is 3.00. The van der Waals surface area contributed by atoms with Gasteiger partial charge in [0.1, 0.15) is 5.65 Å². The molecule has 0 unspecified atom stereocenters. The van der Waals surface area contributed by atoms with Crippen molar-refractivity contribution in [3.05, 3.63) is 35.2 Å². The molecule has 0 amide bonds. The zero-order chi connectivity index (χ0) is 11.1. The van der Waals surface area contributed by atoms with Crippen LogP contribution in [0, 0.1) is 0 Å². The van der Waals surface area contributed by atoms with Crippen molar-refractivity contribution in [1.82, 2.24) is 9.38 Å². The van der Waals surface area contributed by atoms with Crippen LogP contribution in [0.1, 0.15) is 5.69 Å². The van der Waals surface area contributed by atoms with Gasteiger partial charge >= 0.3 is 0 Å². The summed E-state index contributed by atoms with van der Waals surface area (Å²) in [4.78, 5) is 4.08. The summed E-state index contributed by atoms with van der Waals surface area (Å²) in [5, 5.41) is 0.551. The molecule has 0 fully saturated rings. The quantitative estimate of drug-likeness (QED) is 0.805. The van der Waals surface area contributed by atoms with E-state index in [1.54, 1.807) is 28.9 Å². The Morgan fingerprint density at radius 1 is 1.47 bits per heavy atom. The average molecular weight is 245 g/mol. The van der Waals surface area contributed by atoms with Crippen molar-refractivity contribution in [2.24, 2.45) is 0 Å². The fourth-order valence-corrected chi connectivity index (χ4v) is 2.29. The Kier molecular flexibility index (Phi) is 2.44. The predicted octanol–water partition coefficient (Wildman–Crippen LogP) is 1.53. The van der Waals surface area contributed by atoms with Crippen LogP contribution >= 0.6 is 11.6 Å². The van der Waals surface area contributed by atoms with E-state index in [1.165, 1.54) is 6.26 Å². The first-order valence-electron chi connectivity index (χ1n) is 4.25. The highest BCUT2D eigenvalue weighted by molar-refractivity contribution is 7.89. The number of nitrogens with zero attached hydrogens (tertiary/aromatic N) is 2. The fourth-order valence-electron chi connectivity index (χ4n) is 1.38. The van der Waals surface area contributed by atoms with Gasteiger partial charge in [0, 0.05) is 12.5 Å². The Morgan fingerprint density at radius 3 is 2.87 bits per heavy atom. The summed E-state index contributed by atoms with van der Waals surface area (Å²) in [6.45, 7) is 0. The molecule has 0 radical (unpaired) electrons. The number of pyridine rings is 1. The normalized spacial score (nSPS) is 12.1. The maximum absolute atomic E-state index is 11.2. The van der Waals surface area contributed by atoms with Crippen LogP contribution in [0.3, 0.4) is 0 Å². The standard InChI is InChI=1S/C9H9ClN2O2S/c1-15(13,14)6-8-4-11-9-3-2-7(10)5-12(8)9/h2-5H,6H2,1H3. The number of rotatable bonds is 2. The summed E-state index contributed by atoms with van der Waals surface area (Å²) >= 11 is 5.82. The third-order valence-electron chi connectivity index (χ3n) is 1.96. The van der Waals surface area contributed by atoms with Crippen molar-refractivity contribution in [1.29, 1.82) is 0 Å². The minimum absolute atomic E-state index is 0.0332. The molecule has 0 saturated heterocycles. The molecule has 0 aliphatic rings. The summed E-state index contributed by atoms with van der Waals surface area (Å²) in [6.07, 6.45) is 4.40. The number of halogens is 1. The third kappa shape index (κ3) is 2.30. The molecule has 4 nitrogen and oxygen atoms in total. The van der Waals surface area contributed by atoms with Crippen molar-refractivity contribution < 1.29 is 8.42 Å². The highest BCUT2D eigenvalue weighted by Crippen LogP contribution is 2.14. The van der Waals surface area contributed by atoms with Crippen molar-refractivity contribution >= 4 is 27.1 Å². The molecule has 2 aromatic heterocycles. The number of hydrogen-bond donors (Lipinski definition) is 0. The molecule has 0 N–H and O–H groups in total. The van der Waals surface area contributed by atoms with Gasteiger partial charge in [0.2, 0.25) is 0 Å². The van der Waals surface area contributed by atoms with E-state index in [-0.39, 0.29) is 5.75 Å². The molecule has 0 aliphatic heterocycles. The number of sulfone groups is 1. The van der Waals surface area contributed by atoms with Crippen molar-refractivity contribution in [2.45, 2.75) is 5.75 Å². The van der Waals surface area contributed by atoms with Crippen LogP contribution in [0.25, 0.3) is 5.65 Å². The van der Waals surface area contributed by atoms with Crippen LogP contribution in [-0.4, -0.2) is 24.1 Å². The zero-order valence-electron chi connectivity index (χ0n) is 8.01. The van der Waals surface area contributed by atoms with E-state index in [2.05, 4.69) is 4.98 Å². The molecule has 2 heterocycles. The Bertz CT molecular complexity index is 604. The van der Waals surface area contributed by atoms with E-state index in [4.69, 9.17) is 11.6 Å². The maximum Gasteiger partial charge on any atom is 0.153 e. The smallest absolute Gasteiger partial charge is 0.153 e. The molecule has 0 spiro atoms. The van der Waals surface area contributed by atoms with E-state index >= 15 is 0 Å². The van der Waals surface area contributed by atoms with Crippen LogP contribution in [0.4, 0.5) is 0 Å².